The van der Waals surface area contributed by atoms with Crippen molar-refractivity contribution in [2.45, 2.75) is 25.3 Å². The highest BCUT2D eigenvalue weighted by molar-refractivity contribution is 8.76. The molecule has 4 heteroatoms. The van der Waals surface area contributed by atoms with Crippen LogP contribution in [0.2, 0.25) is 0 Å². The smallest absolute Gasteiger partial charge is 0.134 e. The molecule has 0 radical (unpaired) electrons. The Labute approximate surface area is 87.2 Å². The zero-order valence-corrected chi connectivity index (χ0v) is 9.33. The van der Waals surface area contributed by atoms with Gasteiger partial charge in [-0.3, -0.25) is 9.69 Å². The molecule has 0 aromatic heterocycles. The summed E-state index contributed by atoms with van der Waals surface area (Å²) in [7, 11) is 3.94. The molecule has 1 atom stereocenters. The minimum absolute atomic E-state index is 0.467. The molecule has 1 aliphatic heterocycles. The summed E-state index contributed by atoms with van der Waals surface area (Å²) in [4.78, 5) is 13.7. The second-order valence-electron chi connectivity index (χ2n) is 3.62. The monoisotopic (exact) mass is 217 g/mol. The van der Waals surface area contributed by atoms with E-state index in [-0.39, 0.29) is 0 Å². The number of carbonyl (C=O) groups excluding carboxylic acids is 1. The third-order valence-electron chi connectivity index (χ3n) is 2.74. The van der Waals surface area contributed by atoms with Crippen LogP contribution in [-0.4, -0.2) is 41.3 Å². The number of hydrogen-bond donors (Lipinski definition) is 0. The van der Waals surface area contributed by atoms with Crippen LogP contribution in [0.15, 0.2) is 0 Å². The molecule has 1 heterocycles. The molecule has 0 spiro atoms. The Bertz CT molecular complexity index is 190. The quantitative estimate of drug-likeness (QED) is 0.624. The van der Waals surface area contributed by atoms with Crippen molar-refractivity contribution in [2.75, 3.05) is 24.6 Å². The number of ketones is 1. The van der Waals surface area contributed by atoms with E-state index in [1.165, 1.54) is 24.6 Å². The Balaban J connectivity index is 1.87. The summed E-state index contributed by atoms with van der Waals surface area (Å²) in [6, 6.07) is 0.576. The van der Waals surface area contributed by atoms with Gasteiger partial charge in [0.15, 0.2) is 0 Å². The van der Waals surface area contributed by atoms with Gasteiger partial charge in [-0.2, -0.15) is 0 Å². The van der Waals surface area contributed by atoms with Crippen molar-refractivity contribution in [3.63, 3.8) is 0 Å². The standard InChI is InChI=1S/C9H15NOS2/c11-9-2-1-8(7-9)10-3-5-12-13-6-4-10/h8H,1-7H2. The number of Topliss-reactive ketones (excluding diaryl/α,β-unsaturated/α-hetero) is 1. The van der Waals surface area contributed by atoms with Crippen molar-refractivity contribution in [1.29, 1.82) is 0 Å². The highest BCUT2D eigenvalue weighted by Crippen LogP contribution is 2.28. The summed E-state index contributed by atoms with van der Waals surface area (Å²) in [6.07, 6.45) is 2.74. The summed E-state index contributed by atoms with van der Waals surface area (Å²) >= 11 is 0. The maximum Gasteiger partial charge on any atom is 0.134 e. The van der Waals surface area contributed by atoms with E-state index in [1.807, 2.05) is 21.6 Å². The highest BCUT2D eigenvalue weighted by atomic mass is 33.1. The molecule has 1 saturated heterocycles. The van der Waals surface area contributed by atoms with Gasteiger partial charge in [0, 0.05) is 43.5 Å². The van der Waals surface area contributed by atoms with Crippen molar-refractivity contribution in [3.05, 3.63) is 0 Å². The Morgan fingerprint density at radius 3 is 2.46 bits per heavy atom. The van der Waals surface area contributed by atoms with Crippen molar-refractivity contribution in [3.8, 4) is 0 Å². The lowest BCUT2D eigenvalue weighted by molar-refractivity contribution is -0.117. The topological polar surface area (TPSA) is 20.3 Å². The Kier molecular flexibility index (Phi) is 3.58. The van der Waals surface area contributed by atoms with E-state index in [1.54, 1.807) is 0 Å². The zero-order chi connectivity index (χ0) is 9.10. The molecule has 2 aliphatic rings. The molecular formula is C9H15NOS2. The Hall–Kier alpha value is 0.330. The van der Waals surface area contributed by atoms with Crippen LogP contribution in [0.4, 0.5) is 0 Å². The highest BCUT2D eigenvalue weighted by Gasteiger charge is 2.27. The Morgan fingerprint density at radius 2 is 1.92 bits per heavy atom. The molecule has 2 nitrogen and oxygen atoms in total. The number of nitrogens with zero attached hydrogens (tertiary/aromatic N) is 1. The second-order valence-corrected chi connectivity index (χ2v) is 6.32. The van der Waals surface area contributed by atoms with Crippen LogP contribution in [0.3, 0.4) is 0 Å². The Morgan fingerprint density at radius 1 is 1.23 bits per heavy atom. The second kappa shape index (κ2) is 4.71. The first-order valence-electron chi connectivity index (χ1n) is 4.86. The van der Waals surface area contributed by atoms with Crippen molar-refractivity contribution in [1.82, 2.24) is 4.90 Å². The van der Waals surface area contributed by atoms with E-state index < -0.39 is 0 Å². The van der Waals surface area contributed by atoms with E-state index in [0.717, 1.165) is 19.3 Å². The molecule has 0 N–H and O–H groups in total. The summed E-state index contributed by atoms with van der Waals surface area (Å²) in [6.45, 7) is 2.35. The lowest BCUT2D eigenvalue weighted by Gasteiger charge is -2.25. The number of rotatable bonds is 1. The molecule has 13 heavy (non-hydrogen) atoms. The fourth-order valence-corrected chi connectivity index (χ4v) is 4.02. The molecule has 1 unspecified atom stereocenters. The van der Waals surface area contributed by atoms with Crippen molar-refractivity contribution in [2.24, 2.45) is 0 Å². The maximum absolute atomic E-state index is 11.1. The summed E-state index contributed by atoms with van der Waals surface area (Å²) in [5.74, 6) is 2.90. The molecule has 0 aromatic rings. The van der Waals surface area contributed by atoms with Gasteiger partial charge in [-0.15, -0.1) is 0 Å². The van der Waals surface area contributed by atoms with Gasteiger partial charge in [0.25, 0.3) is 0 Å². The predicted octanol–water partition coefficient (Wildman–Crippen LogP) is 1.81. The van der Waals surface area contributed by atoms with Crippen molar-refractivity contribution < 1.29 is 4.79 Å². The average Bonchev–Trinajstić information content (AvgIpc) is 2.43. The first-order valence-corrected chi connectivity index (χ1v) is 7.35. The van der Waals surface area contributed by atoms with Gasteiger partial charge in [0.05, 0.1) is 0 Å². The maximum atomic E-state index is 11.1. The summed E-state index contributed by atoms with van der Waals surface area (Å²) in [5, 5.41) is 0. The van der Waals surface area contributed by atoms with Gasteiger partial charge in [0.2, 0.25) is 0 Å². The SMILES string of the molecule is O=C1CCC(N2CCSSCC2)C1. The fourth-order valence-electron chi connectivity index (χ4n) is 2.01. The molecule has 0 aromatic carbocycles. The van der Waals surface area contributed by atoms with Crippen LogP contribution in [0.5, 0.6) is 0 Å². The molecule has 1 aliphatic carbocycles. The minimum Gasteiger partial charge on any atom is -0.300 e. The van der Waals surface area contributed by atoms with E-state index >= 15 is 0 Å². The van der Waals surface area contributed by atoms with Crippen LogP contribution in [0.25, 0.3) is 0 Å². The van der Waals surface area contributed by atoms with Crippen molar-refractivity contribution >= 4 is 27.4 Å². The average molecular weight is 217 g/mol. The van der Waals surface area contributed by atoms with Crippen LogP contribution in [0.1, 0.15) is 19.3 Å². The normalized spacial score (nSPS) is 32.0. The number of hydrogen-bond acceptors (Lipinski definition) is 4. The third-order valence-corrected chi connectivity index (χ3v) is 5.11. The lowest BCUT2D eigenvalue weighted by atomic mass is 10.2. The first-order chi connectivity index (χ1) is 6.36. The molecule has 74 valence electrons. The molecule has 0 bridgehead atoms. The fraction of sp³-hybridized carbons (Fsp3) is 0.889. The van der Waals surface area contributed by atoms with Gasteiger partial charge < -0.3 is 0 Å². The molecule has 2 fully saturated rings. The van der Waals surface area contributed by atoms with Gasteiger partial charge in [-0.25, -0.2) is 0 Å². The first kappa shape index (κ1) is 9.87. The van der Waals surface area contributed by atoms with Crippen LogP contribution < -0.4 is 0 Å². The van der Waals surface area contributed by atoms with Gasteiger partial charge in [-0.05, 0) is 6.42 Å². The van der Waals surface area contributed by atoms with Crippen LogP contribution in [-0.2, 0) is 4.79 Å². The third kappa shape index (κ3) is 2.64. The van der Waals surface area contributed by atoms with E-state index in [2.05, 4.69) is 4.90 Å². The van der Waals surface area contributed by atoms with E-state index in [9.17, 15) is 4.79 Å². The summed E-state index contributed by atoms with van der Waals surface area (Å²) < 4.78 is 0. The van der Waals surface area contributed by atoms with Gasteiger partial charge in [-0.1, -0.05) is 21.6 Å². The summed E-state index contributed by atoms with van der Waals surface area (Å²) in [5.41, 5.74) is 0. The van der Waals surface area contributed by atoms with Crippen LogP contribution >= 0.6 is 21.6 Å². The molecule has 0 amide bonds. The predicted molar refractivity (Wildman–Crippen MR) is 59.1 cm³/mol. The van der Waals surface area contributed by atoms with E-state index in [4.69, 9.17) is 0 Å². The number of carbonyl (C=O) groups is 1. The molecular weight excluding hydrogens is 202 g/mol. The zero-order valence-electron chi connectivity index (χ0n) is 7.70. The van der Waals surface area contributed by atoms with E-state index in [0.29, 0.717) is 11.8 Å². The molecule has 1 saturated carbocycles. The van der Waals surface area contributed by atoms with Crippen LogP contribution in [0, 0.1) is 0 Å². The minimum atomic E-state index is 0.467. The molecule has 2 rings (SSSR count). The van der Waals surface area contributed by atoms with Gasteiger partial charge in [0.1, 0.15) is 5.78 Å². The van der Waals surface area contributed by atoms with Gasteiger partial charge >= 0.3 is 0 Å². The lowest BCUT2D eigenvalue weighted by Crippen LogP contribution is -2.36. The largest absolute Gasteiger partial charge is 0.300 e.